The molecule has 0 radical (unpaired) electrons. The second kappa shape index (κ2) is 12.3. The molecule has 0 saturated carbocycles. The van der Waals surface area contributed by atoms with Gasteiger partial charge in [0.1, 0.15) is 0 Å². The fourth-order valence-electron chi connectivity index (χ4n) is 1.25. The fraction of sp³-hybridized carbons (Fsp3) is 1.00. The smallest absolute Gasteiger partial charge is 0.0121 e. The number of halogens is 2. The molecule has 0 aliphatic carbocycles. The zero-order chi connectivity index (χ0) is 10.4. The molecule has 0 aromatic carbocycles. The van der Waals surface area contributed by atoms with Gasteiger partial charge in [0.05, 0.1) is 0 Å². The van der Waals surface area contributed by atoms with Gasteiger partial charge in [0.15, 0.2) is 0 Å². The molecule has 0 fully saturated rings. The minimum atomic E-state index is 0. The van der Waals surface area contributed by atoms with Crippen LogP contribution in [-0.4, -0.2) is 30.6 Å². The van der Waals surface area contributed by atoms with Crippen LogP contribution in [0.5, 0.6) is 0 Å². The summed E-state index contributed by atoms with van der Waals surface area (Å²) in [5.41, 5.74) is 1.95. The Morgan fingerprint density at radius 1 is 0.800 bits per heavy atom. The van der Waals surface area contributed by atoms with Crippen LogP contribution < -0.4 is 0 Å². The maximum Gasteiger partial charge on any atom is -0.0121 e. The van der Waals surface area contributed by atoms with Crippen molar-refractivity contribution in [2.75, 3.05) is 19.2 Å². The van der Waals surface area contributed by atoms with Crippen molar-refractivity contribution >= 4 is 49.8 Å². The number of hydrogen-bond donors (Lipinski definition) is 0. The Balaban J connectivity index is -0.000000720. The van der Waals surface area contributed by atoms with Crippen molar-refractivity contribution in [3.05, 3.63) is 0 Å². The Bertz CT molecular complexity index is 120. The highest BCUT2D eigenvalue weighted by molar-refractivity contribution is 8.93. The van der Waals surface area contributed by atoms with Crippen LogP contribution in [0.15, 0.2) is 0 Å². The van der Waals surface area contributed by atoms with Crippen molar-refractivity contribution < 1.29 is 0 Å². The first-order valence-corrected chi connectivity index (χ1v) is 9.52. The van der Waals surface area contributed by atoms with Gasteiger partial charge in [-0.1, -0.05) is 27.7 Å². The molecule has 0 aromatic heterocycles. The summed E-state index contributed by atoms with van der Waals surface area (Å²) < 4.78 is 0. The van der Waals surface area contributed by atoms with E-state index in [0.717, 1.165) is 11.3 Å². The largest absolute Gasteiger partial charge is 0.114 e. The molecule has 0 saturated heterocycles. The van der Waals surface area contributed by atoms with Gasteiger partial charge in [-0.15, -0.1) is 49.8 Å². The van der Waals surface area contributed by atoms with E-state index in [4.69, 9.17) is 0 Å². The van der Waals surface area contributed by atoms with Gasteiger partial charge in [0, 0.05) is 0 Å². The maximum absolute atomic E-state index is 2.49. The topological polar surface area (TPSA) is 0 Å². The van der Waals surface area contributed by atoms with Crippen LogP contribution >= 0.6 is 49.8 Å². The molecule has 0 nitrogen and oxygen atoms in total. The van der Waals surface area contributed by atoms with Gasteiger partial charge in [-0.3, -0.25) is 0 Å². The molecule has 4 atom stereocenters. The van der Waals surface area contributed by atoms with E-state index in [1.165, 1.54) is 18.7 Å². The van der Waals surface area contributed by atoms with Crippen molar-refractivity contribution in [1.82, 2.24) is 0 Å². The van der Waals surface area contributed by atoms with E-state index >= 15 is 0 Å². The van der Waals surface area contributed by atoms with Crippen molar-refractivity contribution in [2.45, 2.75) is 51.9 Å². The molecule has 0 heterocycles. The van der Waals surface area contributed by atoms with Gasteiger partial charge in [0.2, 0.25) is 0 Å². The number of hydrogen-bond acceptors (Lipinski definition) is 0. The predicted octanol–water partition coefficient (Wildman–Crippen LogP) is 5.92. The normalized spacial score (nSPS) is 18.0. The van der Waals surface area contributed by atoms with Gasteiger partial charge >= 0.3 is 0 Å². The third-order valence-corrected chi connectivity index (χ3v) is 10.4. The SMILES string of the molecule is Br.Br.CCC(C)P(C)CP(C)C(C)CC. The summed E-state index contributed by atoms with van der Waals surface area (Å²) in [6.45, 7) is 14.5. The van der Waals surface area contributed by atoms with Gasteiger partial charge in [0.25, 0.3) is 0 Å². The van der Waals surface area contributed by atoms with Crippen LogP contribution in [0.1, 0.15) is 40.5 Å². The van der Waals surface area contributed by atoms with Crippen molar-refractivity contribution in [2.24, 2.45) is 0 Å². The second-order valence-corrected chi connectivity index (χ2v) is 10.1. The minimum Gasteiger partial charge on any atom is -0.114 e. The lowest BCUT2D eigenvalue weighted by Gasteiger charge is -2.26. The molecule has 0 rings (SSSR count). The molecule has 4 heteroatoms. The third kappa shape index (κ3) is 9.51. The first-order chi connectivity index (χ1) is 6.02. The zero-order valence-corrected chi connectivity index (χ0v) is 16.2. The van der Waals surface area contributed by atoms with Crippen LogP contribution in [0, 0.1) is 0 Å². The lowest BCUT2D eigenvalue weighted by Crippen LogP contribution is -2.04. The van der Waals surface area contributed by atoms with E-state index in [9.17, 15) is 0 Å². The lowest BCUT2D eigenvalue weighted by molar-refractivity contribution is 0.887. The summed E-state index contributed by atoms with van der Waals surface area (Å²) in [5, 5.41) is 0. The molecule has 0 aliphatic rings. The highest BCUT2D eigenvalue weighted by atomic mass is 79.9. The Morgan fingerprint density at radius 3 is 1.27 bits per heavy atom. The Morgan fingerprint density at radius 2 is 1.07 bits per heavy atom. The summed E-state index contributed by atoms with van der Waals surface area (Å²) in [4.78, 5) is 0. The van der Waals surface area contributed by atoms with E-state index in [1.54, 1.807) is 0 Å². The maximum atomic E-state index is 2.49. The van der Waals surface area contributed by atoms with Crippen LogP contribution in [0.3, 0.4) is 0 Å². The van der Waals surface area contributed by atoms with Crippen molar-refractivity contribution in [1.29, 1.82) is 0 Å². The molecule has 0 N–H and O–H groups in total. The average molecular weight is 382 g/mol. The molecule has 15 heavy (non-hydrogen) atoms. The summed E-state index contributed by atoms with van der Waals surface area (Å²) >= 11 is 0. The quantitative estimate of drug-likeness (QED) is 0.501. The highest BCUT2D eigenvalue weighted by Crippen LogP contribution is 2.53. The van der Waals surface area contributed by atoms with Gasteiger partial charge in [-0.2, -0.15) is 0 Å². The fourth-order valence-corrected chi connectivity index (χ4v) is 7.55. The Hall–Kier alpha value is 1.82. The summed E-state index contributed by atoms with van der Waals surface area (Å²) in [6.07, 6.45) is 2.73. The van der Waals surface area contributed by atoms with Gasteiger partial charge in [-0.25, -0.2) is 0 Å². The van der Waals surface area contributed by atoms with E-state index in [0.29, 0.717) is 15.8 Å². The average Bonchev–Trinajstić information content (AvgIpc) is 2.14. The first-order valence-electron chi connectivity index (χ1n) is 5.43. The van der Waals surface area contributed by atoms with E-state index < -0.39 is 0 Å². The lowest BCUT2D eigenvalue weighted by atomic mass is 10.4. The Kier molecular flexibility index (Phi) is 18.0. The van der Waals surface area contributed by atoms with E-state index in [-0.39, 0.29) is 34.0 Å². The van der Waals surface area contributed by atoms with Crippen molar-refractivity contribution in [3.63, 3.8) is 0 Å². The molecule has 0 aromatic rings. The molecular formula is C11H28Br2P2. The highest BCUT2D eigenvalue weighted by Gasteiger charge is 2.16. The predicted molar refractivity (Wildman–Crippen MR) is 90.7 cm³/mol. The molecule has 0 aliphatic heterocycles. The minimum absolute atomic E-state index is 0. The summed E-state index contributed by atoms with van der Waals surface area (Å²) in [6, 6.07) is 0. The Labute approximate surface area is 120 Å². The monoisotopic (exact) mass is 380 g/mol. The van der Waals surface area contributed by atoms with Crippen molar-refractivity contribution in [3.8, 4) is 0 Å². The molecule has 0 amide bonds. The molecule has 0 bridgehead atoms. The first kappa shape index (κ1) is 22.0. The van der Waals surface area contributed by atoms with E-state index in [2.05, 4.69) is 41.0 Å². The van der Waals surface area contributed by atoms with Crippen LogP contribution in [-0.2, 0) is 0 Å². The van der Waals surface area contributed by atoms with E-state index in [1.807, 2.05) is 0 Å². The molecule has 0 spiro atoms. The standard InChI is InChI=1S/C11H26P2.2BrH/c1-7-10(3)12(5)9-13(6)11(4)8-2;;/h10-11H,7-9H2,1-6H3;2*1H. The van der Waals surface area contributed by atoms with Gasteiger partial charge in [-0.05, 0) is 43.4 Å². The molecule has 96 valence electrons. The van der Waals surface area contributed by atoms with Crippen LogP contribution in [0.25, 0.3) is 0 Å². The summed E-state index contributed by atoms with van der Waals surface area (Å²) in [7, 11) is 0.619. The third-order valence-electron chi connectivity index (χ3n) is 3.13. The molecule has 4 unspecified atom stereocenters. The van der Waals surface area contributed by atoms with Crippen LogP contribution in [0.4, 0.5) is 0 Å². The summed E-state index contributed by atoms with van der Waals surface area (Å²) in [5.74, 6) is 1.54. The molecular weight excluding hydrogens is 354 g/mol. The van der Waals surface area contributed by atoms with Gasteiger partial charge < -0.3 is 0 Å². The zero-order valence-electron chi connectivity index (χ0n) is 11.0. The second-order valence-electron chi connectivity index (χ2n) is 4.17. The van der Waals surface area contributed by atoms with Crippen LogP contribution in [0.2, 0.25) is 0 Å². The number of rotatable bonds is 6.